The van der Waals surface area contributed by atoms with Gasteiger partial charge in [0, 0.05) is 11.7 Å². The van der Waals surface area contributed by atoms with Crippen LogP contribution in [0.2, 0.25) is 0 Å². The summed E-state index contributed by atoms with van der Waals surface area (Å²) in [7, 11) is 0. The lowest BCUT2D eigenvalue weighted by Crippen LogP contribution is -2.36. The van der Waals surface area contributed by atoms with Crippen molar-refractivity contribution in [1.29, 1.82) is 0 Å². The van der Waals surface area contributed by atoms with Gasteiger partial charge in [0.25, 0.3) is 0 Å². The first-order chi connectivity index (χ1) is 7.08. The zero-order valence-electron chi connectivity index (χ0n) is 9.90. The molecule has 0 atom stereocenters. The van der Waals surface area contributed by atoms with Gasteiger partial charge < -0.3 is 11.1 Å². The van der Waals surface area contributed by atoms with Gasteiger partial charge in [0.2, 0.25) is 0 Å². The smallest absolute Gasteiger partial charge is 0.189 e. The third kappa shape index (κ3) is 5.89. The molecule has 0 aliphatic carbocycles. The summed E-state index contributed by atoms with van der Waals surface area (Å²) in [6.45, 7) is 6.52. The normalized spacial score (nSPS) is 11.1. The molecule has 0 amide bonds. The van der Waals surface area contributed by atoms with Crippen LogP contribution in [0, 0.1) is 6.92 Å². The minimum absolute atomic E-state index is 0. The first-order valence-corrected chi connectivity index (χ1v) is 5.07. The van der Waals surface area contributed by atoms with E-state index in [4.69, 9.17) is 5.73 Å². The second kappa shape index (κ2) is 7.43. The van der Waals surface area contributed by atoms with Crippen molar-refractivity contribution in [3.63, 3.8) is 0 Å². The summed E-state index contributed by atoms with van der Waals surface area (Å²) in [6, 6.07) is 6.18. The molecule has 90 valence electrons. The van der Waals surface area contributed by atoms with Crippen molar-refractivity contribution < 1.29 is 0 Å². The molecule has 1 aromatic rings. The maximum Gasteiger partial charge on any atom is 0.189 e. The number of nitrogens with two attached hydrogens (primary N) is 1. The van der Waals surface area contributed by atoms with Gasteiger partial charge in [-0.1, -0.05) is 6.07 Å². The van der Waals surface area contributed by atoms with Gasteiger partial charge in [0.15, 0.2) is 5.96 Å². The number of rotatable bonds is 3. The number of aromatic nitrogens is 1. The van der Waals surface area contributed by atoms with Crippen molar-refractivity contribution in [1.82, 2.24) is 10.3 Å². The van der Waals surface area contributed by atoms with Crippen molar-refractivity contribution >= 4 is 29.9 Å². The van der Waals surface area contributed by atoms with Crippen LogP contribution in [0.15, 0.2) is 23.2 Å². The van der Waals surface area contributed by atoms with Crippen molar-refractivity contribution in [2.24, 2.45) is 10.7 Å². The van der Waals surface area contributed by atoms with E-state index >= 15 is 0 Å². The fourth-order valence-corrected chi connectivity index (χ4v) is 1.20. The predicted molar refractivity (Wildman–Crippen MR) is 78.0 cm³/mol. The summed E-state index contributed by atoms with van der Waals surface area (Å²) in [4.78, 5) is 8.53. The summed E-state index contributed by atoms with van der Waals surface area (Å²) in [5.74, 6) is 0.466. The Morgan fingerprint density at radius 3 is 2.75 bits per heavy atom. The largest absolute Gasteiger partial charge is 0.370 e. The first-order valence-electron chi connectivity index (χ1n) is 5.07. The van der Waals surface area contributed by atoms with Crippen LogP contribution in [0.1, 0.15) is 25.2 Å². The summed E-state index contributed by atoms with van der Waals surface area (Å²) >= 11 is 0. The number of nitrogens with zero attached hydrogens (tertiary/aromatic N) is 2. The lowest BCUT2D eigenvalue weighted by atomic mass is 10.3. The Kier molecular flexibility index (Phi) is 7.03. The molecule has 0 unspecified atom stereocenters. The first kappa shape index (κ1) is 15.2. The molecule has 0 aliphatic heterocycles. The lowest BCUT2D eigenvalue weighted by molar-refractivity contribution is 0.723. The monoisotopic (exact) mass is 334 g/mol. The van der Waals surface area contributed by atoms with Crippen molar-refractivity contribution in [3.8, 4) is 0 Å². The summed E-state index contributed by atoms with van der Waals surface area (Å²) < 4.78 is 0. The summed E-state index contributed by atoms with van der Waals surface area (Å²) in [5, 5.41) is 3.03. The molecule has 1 heterocycles. The zero-order chi connectivity index (χ0) is 11.3. The van der Waals surface area contributed by atoms with E-state index in [1.165, 1.54) is 0 Å². The molecule has 1 rings (SSSR count). The molecule has 4 nitrogen and oxygen atoms in total. The number of guanidine groups is 1. The molecule has 0 spiro atoms. The average molecular weight is 334 g/mol. The lowest BCUT2D eigenvalue weighted by Gasteiger charge is -2.08. The SMILES string of the molecule is Cc1cccc(CN=C(N)NC(C)C)n1.I. The van der Waals surface area contributed by atoms with E-state index in [0.29, 0.717) is 18.5 Å². The molecule has 0 bridgehead atoms. The fourth-order valence-electron chi connectivity index (χ4n) is 1.20. The third-order valence-corrected chi connectivity index (χ3v) is 1.79. The number of aliphatic imine (C=N–C) groups is 1. The molecule has 0 aromatic carbocycles. The zero-order valence-corrected chi connectivity index (χ0v) is 12.2. The number of aryl methyl sites for hydroxylation is 1. The molecule has 0 saturated heterocycles. The van der Waals surface area contributed by atoms with E-state index in [-0.39, 0.29) is 24.0 Å². The topological polar surface area (TPSA) is 63.3 Å². The Hall–Kier alpha value is -0.850. The van der Waals surface area contributed by atoms with Gasteiger partial charge in [0.05, 0.1) is 12.2 Å². The standard InChI is InChI=1S/C11H18N4.HI/c1-8(2)14-11(12)13-7-10-6-4-5-9(3)15-10;/h4-6,8H,7H2,1-3H3,(H3,12,13,14);1H. The molecule has 3 N–H and O–H groups in total. The molecule has 5 heteroatoms. The summed E-state index contributed by atoms with van der Waals surface area (Å²) in [5.41, 5.74) is 7.60. The van der Waals surface area contributed by atoms with Gasteiger partial charge in [0.1, 0.15) is 0 Å². The molecular weight excluding hydrogens is 315 g/mol. The van der Waals surface area contributed by atoms with Crippen LogP contribution in [-0.4, -0.2) is 17.0 Å². The Bertz CT molecular complexity index is 350. The molecule has 0 radical (unpaired) electrons. The second-order valence-corrected chi connectivity index (χ2v) is 3.77. The van der Waals surface area contributed by atoms with Gasteiger partial charge in [-0.05, 0) is 32.9 Å². The van der Waals surface area contributed by atoms with Gasteiger partial charge in [-0.2, -0.15) is 0 Å². The van der Waals surface area contributed by atoms with Crippen molar-refractivity contribution in [3.05, 3.63) is 29.6 Å². The van der Waals surface area contributed by atoms with Crippen LogP contribution >= 0.6 is 24.0 Å². The molecule has 0 fully saturated rings. The molecular formula is C11H19IN4. The minimum atomic E-state index is 0. The third-order valence-electron chi connectivity index (χ3n) is 1.79. The Morgan fingerprint density at radius 2 is 2.19 bits per heavy atom. The van der Waals surface area contributed by atoms with E-state index in [1.54, 1.807) is 0 Å². The van der Waals surface area contributed by atoms with E-state index in [9.17, 15) is 0 Å². The summed E-state index contributed by atoms with van der Waals surface area (Å²) in [6.07, 6.45) is 0. The second-order valence-electron chi connectivity index (χ2n) is 3.77. The highest BCUT2D eigenvalue weighted by atomic mass is 127. The van der Waals surface area contributed by atoms with E-state index in [1.807, 2.05) is 39.0 Å². The van der Waals surface area contributed by atoms with Crippen molar-refractivity contribution in [2.75, 3.05) is 0 Å². The minimum Gasteiger partial charge on any atom is -0.370 e. The van der Waals surface area contributed by atoms with Crippen molar-refractivity contribution in [2.45, 2.75) is 33.4 Å². The Balaban J connectivity index is 0.00000225. The maximum absolute atomic E-state index is 5.67. The van der Waals surface area contributed by atoms with Crippen LogP contribution in [0.5, 0.6) is 0 Å². The van der Waals surface area contributed by atoms with E-state index < -0.39 is 0 Å². The van der Waals surface area contributed by atoms with Crippen LogP contribution in [0.25, 0.3) is 0 Å². The number of hydrogen-bond donors (Lipinski definition) is 2. The quantitative estimate of drug-likeness (QED) is 0.504. The molecule has 1 aromatic heterocycles. The van der Waals surface area contributed by atoms with Gasteiger partial charge in [-0.25, -0.2) is 4.99 Å². The van der Waals surface area contributed by atoms with Crippen LogP contribution in [-0.2, 0) is 6.54 Å². The number of halogens is 1. The maximum atomic E-state index is 5.67. The predicted octanol–water partition coefficient (Wildman–Crippen LogP) is 1.82. The van der Waals surface area contributed by atoms with Gasteiger partial charge in [-0.15, -0.1) is 24.0 Å². The van der Waals surface area contributed by atoms with Crippen LogP contribution < -0.4 is 11.1 Å². The Morgan fingerprint density at radius 1 is 1.50 bits per heavy atom. The highest BCUT2D eigenvalue weighted by Crippen LogP contribution is 1.99. The van der Waals surface area contributed by atoms with Crippen LogP contribution in [0.4, 0.5) is 0 Å². The van der Waals surface area contributed by atoms with E-state index in [0.717, 1.165) is 11.4 Å². The number of pyridine rings is 1. The Labute approximate surface area is 114 Å². The molecule has 16 heavy (non-hydrogen) atoms. The van der Waals surface area contributed by atoms with Crippen LogP contribution in [0.3, 0.4) is 0 Å². The van der Waals surface area contributed by atoms with E-state index in [2.05, 4.69) is 15.3 Å². The van der Waals surface area contributed by atoms with Gasteiger partial charge in [-0.3, -0.25) is 4.98 Å². The highest BCUT2D eigenvalue weighted by molar-refractivity contribution is 14.0. The molecule has 0 aliphatic rings. The molecule has 0 saturated carbocycles. The van der Waals surface area contributed by atoms with Gasteiger partial charge >= 0.3 is 0 Å². The average Bonchev–Trinajstić information content (AvgIpc) is 2.14. The number of hydrogen-bond acceptors (Lipinski definition) is 2. The highest BCUT2D eigenvalue weighted by Gasteiger charge is 1.96. The fraction of sp³-hybridized carbons (Fsp3) is 0.455. The number of nitrogens with one attached hydrogen (secondary N) is 1.